The van der Waals surface area contributed by atoms with Crippen molar-refractivity contribution in [1.29, 1.82) is 0 Å². The second kappa shape index (κ2) is 8.61. The fraction of sp³-hybridized carbons (Fsp3) is 0.471. The number of nitrogens with two attached hydrogens (primary N) is 1. The summed E-state index contributed by atoms with van der Waals surface area (Å²) in [6.45, 7) is -0.123. The molecular formula is C17H22N4O8P+. The number of nitrogens with zero attached hydrogens (tertiary/aromatic N) is 3. The maximum Gasteiger partial charge on any atom is 0.573 e. The van der Waals surface area contributed by atoms with Crippen LogP contribution in [0.2, 0.25) is 0 Å². The van der Waals surface area contributed by atoms with Crippen molar-refractivity contribution < 1.29 is 33.4 Å². The molecule has 6 atom stereocenters. The molecule has 2 aliphatic rings. The van der Waals surface area contributed by atoms with Crippen molar-refractivity contribution in [2.45, 2.75) is 37.1 Å². The third kappa shape index (κ3) is 4.36. The number of anilines is 1. The minimum Gasteiger partial charge on any atom is -0.387 e. The Hall–Kier alpha value is -2.02. The minimum atomic E-state index is -3.68. The molecule has 0 aromatic carbocycles. The molecular weight excluding hydrogens is 419 g/mol. The highest BCUT2D eigenvalue weighted by molar-refractivity contribution is 7.55. The Kier molecular flexibility index (Phi) is 6.09. The highest BCUT2D eigenvalue weighted by Crippen LogP contribution is 2.64. The quantitative estimate of drug-likeness (QED) is 0.449. The molecule has 30 heavy (non-hydrogen) atoms. The first-order valence-corrected chi connectivity index (χ1v) is 10.7. The van der Waals surface area contributed by atoms with Crippen molar-refractivity contribution >= 4 is 14.0 Å². The molecule has 0 radical (unpaired) electrons. The number of hydrogen-bond donors (Lipinski definition) is 4. The summed E-state index contributed by atoms with van der Waals surface area (Å²) in [7, 11) is -3.68. The Morgan fingerprint density at radius 3 is 2.77 bits per heavy atom. The summed E-state index contributed by atoms with van der Waals surface area (Å²) < 4.78 is 23.0. The van der Waals surface area contributed by atoms with Gasteiger partial charge in [-0.3, -0.25) is 9.55 Å². The summed E-state index contributed by atoms with van der Waals surface area (Å²) in [6.07, 6.45) is -0.429. The molecule has 0 spiro atoms. The molecule has 4 rings (SSSR count). The lowest BCUT2D eigenvalue weighted by Gasteiger charge is -2.26. The second-order valence-electron chi connectivity index (χ2n) is 6.85. The fourth-order valence-corrected chi connectivity index (χ4v) is 4.69. The minimum absolute atomic E-state index is 0.0199. The lowest BCUT2D eigenvalue weighted by atomic mass is 10.1. The van der Waals surface area contributed by atoms with Gasteiger partial charge in [0, 0.05) is 25.0 Å². The van der Waals surface area contributed by atoms with Gasteiger partial charge < -0.3 is 20.7 Å². The van der Waals surface area contributed by atoms with E-state index in [4.69, 9.17) is 24.0 Å². The molecule has 12 nitrogen and oxygen atoms in total. The number of aromatic nitrogens is 3. The Bertz CT molecular complexity index is 933. The number of pyridine rings is 1. The van der Waals surface area contributed by atoms with E-state index in [2.05, 4.69) is 9.97 Å². The summed E-state index contributed by atoms with van der Waals surface area (Å²) in [5.74, 6) is 0.0199. The number of aliphatic hydroxyl groups is 2. The van der Waals surface area contributed by atoms with Crippen molar-refractivity contribution in [1.82, 2.24) is 14.5 Å². The van der Waals surface area contributed by atoms with Gasteiger partial charge in [0.25, 0.3) is 0 Å². The number of ether oxygens (including phenoxy) is 1. The molecule has 13 heteroatoms. The number of nitrogen functional groups attached to an aromatic ring is 1. The Balaban J connectivity index is 1.41. The molecule has 4 heterocycles. The molecule has 2 aliphatic heterocycles. The van der Waals surface area contributed by atoms with Gasteiger partial charge in [-0.15, -0.1) is 4.52 Å². The van der Waals surface area contributed by atoms with E-state index >= 15 is 0 Å². The van der Waals surface area contributed by atoms with E-state index in [0.29, 0.717) is 6.42 Å². The maximum absolute atomic E-state index is 12.0. The first-order valence-electron chi connectivity index (χ1n) is 9.22. The molecule has 2 aromatic heterocycles. The molecule has 1 unspecified atom stereocenters. The van der Waals surface area contributed by atoms with Crippen molar-refractivity contribution in [3.63, 3.8) is 0 Å². The van der Waals surface area contributed by atoms with E-state index in [-0.39, 0.29) is 19.0 Å². The molecule has 2 fully saturated rings. The zero-order valence-electron chi connectivity index (χ0n) is 15.7. The second-order valence-corrected chi connectivity index (χ2v) is 8.51. The van der Waals surface area contributed by atoms with Crippen LogP contribution in [0.25, 0.3) is 0 Å². The van der Waals surface area contributed by atoms with Gasteiger partial charge in [0.1, 0.15) is 43.4 Å². The Morgan fingerprint density at radius 1 is 1.27 bits per heavy atom. The van der Waals surface area contributed by atoms with E-state index in [1.165, 1.54) is 12.3 Å². The predicted octanol–water partition coefficient (Wildman–Crippen LogP) is -0.296. The van der Waals surface area contributed by atoms with E-state index in [1.54, 1.807) is 24.5 Å². The summed E-state index contributed by atoms with van der Waals surface area (Å²) in [5.41, 5.74) is 5.54. The molecule has 0 bridgehead atoms. The number of hydrogen-bond acceptors (Lipinski definition) is 11. The normalized spacial score (nSPS) is 34.2. The van der Waals surface area contributed by atoms with Crippen LogP contribution in [0.3, 0.4) is 0 Å². The maximum atomic E-state index is 12.0. The molecule has 2 aromatic rings. The van der Waals surface area contributed by atoms with Crippen LogP contribution < -0.4 is 11.4 Å². The van der Waals surface area contributed by atoms with Gasteiger partial charge in [0.2, 0.25) is 0 Å². The van der Waals surface area contributed by atoms with Crippen molar-refractivity contribution in [2.75, 3.05) is 18.9 Å². The number of aliphatic hydroxyl groups excluding tert-OH is 2. The van der Waals surface area contributed by atoms with Crippen molar-refractivity contribution in [3.8, 4) is 0 Å². The standard InChI is InChI=1S/C17H21N4O8P/c18-13-3-7-21(17(24)20-13)16-15(23)14(22)12(28-16)9-27-30(25)26-8-4-11(29-30)10-1-5-19-6-2-10/h1-3,5-7,11-12,14-16,22-23,25H,4,8-9H2,(H-,18,20,24)/p+1/t11-,12-,14-,15+,16-,30?/m1/s1. The zero-order chi connectivity index (χ0) is 21.3. The van der Waals surface area contributed by atoms with Crippen molar-refractivity contribution in [2.24, 2.45) is 0 Å². The first-order chi connectivity index (χ1) is 14.4. The average Bonchev–Trinajstić information content (AvgIpc) is 3.01. The van der Waals surface area contributed by atoms with Crippen LogP contribution in [0, 0.1) is 0 Å². The van der Waals surface area contributed by atoms with Crippen LogP contribution >= 0.6 is 8.17 Å². The summed E-state index contributed by atoms with van der Waals surface area (Å²) in [5, 5.41) is 20.6. The molecule has 0 aliphatic carbocycles. The summed E-state index contributed by atoms with van der Waals surface area (Å²) >= 11 is 0. The molecule has 0 saturated carbocycles. The SMILES string of the molecule is Nc1ccn([C@@H]2O[C@H](CO[P+]3(O)OCC[C@H](c4ccncc4)O3)[C@@H](O)[C@@H]2O)c(=O)n1. The summed E-state index contributed by atoms with van der Waals surface area (Å²) in [6, 6.07) is 4.90. The van der Waals surface area contributed by atoms with Crippen LogP contribution in [0.4, 0.5) is 5.82 Å². The van der Waals surface area contributed by atoms with Gasteiger partial charge in [-0.05, 0) is 23.8 Å². The molecule has 0 amide bonds. The predicted molar refractivity (Wildman–Crippen MR) is 103 cm³/mol. The molecule has 162 valence electrons. The van der Waals surface area contributed by atoms with E-state index in [9.17, 15) is 19.9 Å². The smallest absolute Gasteiger partial charge is 0.387 e. The van der Waals surface area contributed by atoms with Crippen LogP contribution in [0.5, 0.6) is 0 Å². The lowest BCUT2D eigenvalue weighted by Crippen LogP contribution is -2.36. The van der Waals surface area contributed by atoms with Crippen LogP contribution in [0.1, 0.15) is 24.3 Å². The monoisotopic (exact) mass is 441 g/mol. The highest BCUT2D eigenvalue weighted by atomic mass is 31.2. The van der Waals surface area contributed by atoms with Crippen LogP contribution in [-0.2, 0) is 18.3 Å². The Labute approximate surface area is 171 Å². The van der Waals surface area contributed by atoms with Gasteiger partial charge in [-0.1, -0.05) is 0 Å². The van der Waals surface area contributed by atoms with Gasteiger partial charge in [0.05, 0.1) is 0 Å². The van der Waals surface area contributed by atoms with E-state index in [0.717, 1.165) is 10.1 Å². The zero-order valence-corrected chi connectivity index (χ0v) is 16.6. The fourth-order valence-electron chi connectivity index (χ4n) is 3.28. The average molecular weight is 441 g/mol. The third-order valence-corrected chi connectivity index (χ3v) is 6.34. The number of rotatable bonds is 5. The lowest BCUT2D eigenvalue weighted by molar-refractivity contribution is -0.0663. The van der Waals surface area contributed by atoms with Gasteiger partial charge in [-0.2, -0.15) is 18.9 Å². The van der Waals surface area contributed by atoms with E-state index in [1.807, 2.05) is 0 Å². The van der Waals surface area contributed by atoms with E-state index < -0.39 is 44.5 Å². The topological polar surface area (TPSA) is 171 Å². The summed E-state index contributed by atoms with van der Waals surface area (Å²) in [4.78, 5) is 30.1. The first kappa shape index (κ1) is 21.2. The van der Waals surface area contributed by atoms with Crippen LogP contribution in [0.15, 0.2) is 41.6 Å². The van der Waals surface area contributed by atoms with Gasteiger partial charge in [-0.25, -0.2) is 4.79 Å². The third-order valence-electron chi connectivity index (χ3n) is 4.84. The Morgan fingerprint density at radius 2 is 2.03 bits per heavy atom. The van der Waals surface area contributed by atoms with Gasteiger partial charge >= 0.3 is 13.9 Å². The van der Waals surface area contributed by atoms with Gasteiger partial charge in [0.15, 0.2) is 6.23 Å². The van der Waals surface area contributed by atoms with Crippen molar-refractivity contribution in [3.05, 3.63) is 52.8 Å². The largest absolute Gasteiger partial charge is 0.573 e. The molecule has 2 saturated heterocycles. The molecule has 5 N–H and O–H groups in total. The highest BCUT2D eigenvalue weighted by Gasteiger charge is 2.53. The van der Waals surface area contributed by atoms with Crippen LogP contribution in [-0.4, -0.2) is 61.2 Å².